The molecule has 2 saturated heterocycles. The summed E-state index contributed by atoms with van der Waals surface area (Å²) in [6.07, 6.45) is 5.04. The first-order chi connectivity index (χ1) is 21.8. The lowest BCUT2D eigenvalue weighted by atomic mass is 9.58. The molecular formula is C33H34BIN2O7S. The number of amides is 2. The molecule has 3 aliphatic rings. The van der Waals surface area contributed by atoms with Gasteiger partial charge in [0.05, 0.1) is 47.5 Å². The Morgan fingerprint density at radius 1 is 1.20 bits per heavy atom. The lowest BCUT2D eigenvalue weighted by Crippen LogP contribution is -2.46. The van der Waals surface area contributed by atoms with E-state index in [2.05, 4.69) is 27.6 Å². The number of imide groups is 1. The van der Waals surface area contributed by atoms with Gasteiger partial charge in [0.2, 0.25) is 11.8 Å². The molecule has 12 heteroatoms. The number of phenols is 1. The minimum atomic E-state index is -1.06. The summed E-state index contributed by atoms with van der Waals surface area (Å²) < 4.78 is 17.8. The van der Waals surface area contributed by atoms with Gasteiger partial charge in [0.25, 0.3) is 0 Å². The second-order valence-electron chi connectivity index (χ2n) is 11.6. The third-order valence-corrected chi connectivity index (χ3v) is 10.6. The standard InChI is InChI=1S/C33H34BIN2O7S/c1-42-18-21-15-23-30(33(40)37(32(23)39)17-22-6-5-11-45-22)24-16-34(41)44-27(29(21)24)9-8-20(26-7-3-4-10-36-26)12-19-13-25(35)31(38)28(14-19)43-2/h3-7,10-14,23-24,27,30,38,41H,8-9,15-18H2,1-2H3/b20-12-/t23-,24+,27-,30-/m1/s1. The van der Waals surface area contributed by atoms with Crippen LogP contribution in [-0.2, 0) is 25.5 Å². The van der Waals surface area contributed by atoms with Crippen molar-refractivity contribution < 1.29 is 33.8 Å². The number of carbonyl (C=O) groups is 2. The quantitative estimate of drug-likeness (QED) is 0.123. The molecule has 0 radical (unpaired) electrons. The van der Waals surface area contributed by atoms with E-state index in [1.807, 2.05) is 47.9 Å². The maximum absolute atomic E-state index is 13.9. The van der Waals surface area contributed by atoms with Crippen LogP contribution in [0.5, 0.6) is 11.5 Å². The van der Waals surface area contributed by atoms with Crippen LogP contribution in [0, 0.1) is 21.3 Å². The number of allylic oxidation sites excluding steroid dienone is 1. The van der Waals surface area contributed by atoms with Crippen LogP contribution in [0.4, 0.5) is 0 Å². The number of hydrogen-bond donors (Lipinski definition) is 2. The van der Waals surface area contributed by atoms with Crippen molar-refractivity contribution in [2.75, 3.05) is 20.8 Å². The molecule has 2 aliphatic heterocycles. The first kappa shape index (κ1) is 31.9. The van der Waals surface area contributed by atoms with Gasteiger partial charge >= 0.3 is 7.12 Å². The zero-order valence-electron chi connectivity index (χ0n) is 25.0. The topological polar surface area (TPSA) is 118 Å². The molecule has 234 valence electrons. The lowest BCUT2D eigenvalue weighted by Gasteiger charge is -2.43. The number of pyridine rings is 1. The van der Waals surface area contributed by atoms with Gasteiger partial charge in [-0.2, -0.15) is 0 Å². The lowest BCUT2D eigenvalue weighted by molar-refractivity contribution is -0.140. The molecule has 3 aromatic rings. The van der Waals surface area contributed by atoms with E-state index in [1.54, 1.807) is 19.4 Å². The second-order valence-corrected chi connectivity index (χ2v) is 13.8. The molecule has 2 aromatic heterocycles. The van der Waals surface area contributed by atoms with Crippen LogP contribution >= 0.6 is 33.9 Å². The number of benzene rings is 1. The zero-order valence-corrected chi connectivity index (χ0v) is 28.0. The van der Waals surface area contributed by atoms with Crippen LogP contribution in [0.25, 0.3) is 11.6 Å². The predicted octanol–water partition coefficient (Wildman–Crippen LogP) is 5.43. The van der Waals surface area contributed by atoms with E-state index in [4.69, 9.17) is 14.1 Å². The van der Waals surface area contributed by atoms with Crippen LogP contribution < -0.4 is 4.74 Å². The zero-order chi connectivity index (χ0) is 31.7. The molecule has 4 heterocycles. The molecule has 6 rings (SSSR count). The fraction of sp³-hybridized carbons (Fsp3) is 0.364. The molecule has 2 fully saturated rings. The Balaban J connectivity index is 1.32. The van der Waals surface area contributed by atoms with E-state index in [-0.39, 0.29) is 36.3 Å². The number of rotatable bonds is 10. The Morgan fingerprint density at radius 3 is 2.76 bits per heavy atom. The molecule has 0 unspecified atom stereocenters. The maximum atomic E-state index is 13.9. The maximum Gasteiger partial charge on any atom is 0.455 e. The molecule has 0 saturated carbocycles. The van der Waals surface area contributed by atoms with Crippen LogP contribution in [0.3, 0.4) is 0 Å². The minimum Gasteiger partial charge on any atom is -0.504 e. The molecule has 45 heavy (non-hydrogen) atoms. The van der Waals surface area contributed by atoms with E-state index >= 15 is 0 Å². The fourth-order valence-electron chi connectivity index (χ4n) is 7.00. The normalized spacial score (nSPS) is 23.4. The molecular weight excluding hydrogens is 706 g/mol. The van der Waals surface area contributed by atoms with Crippen LogP contribution in [0.15, 0.2) is 65.2 Å². The molecule has 4 atom stereocenters. The Bertz CT molecular complexity index is 1630. The SMILES string of the molecule is COCC1=C2[C@@H](CC/C(=C/c3cc(I)c(O)c(OC)c3)c3ccccn3)OB(O)C[C@@H]2[C@@H]2C(=O)N(Cc3cccs3)C(=O)[C@@H]2C1. The number of carbonyl (C=O) groups excluding carboxylic acids is 2. The van der Waals surface area contributed by atoms with Gasteiger partial charge in [-0.25, -0.2) is 0 Å². The van der Waals surface area contributed by atoms with Crippen molar-refractivity contribution in [1.29, 1.82) is 0 Å². The van der Waals surface area contributed by atoms with Gasteiger partial charge < -0.3 is 24.3 Å². The minimum absolute atomic E-state index is 0.0902. The van der Waals surface area contributed by atoms with E-state index in [1.165, 1.54) is 23.3 Å². The largest absolute Gasteiger partial charge is 0.504 e. The highest BCUT2D eigenvalue weighted by Gasteiger charge is 2.57. The molecule has 2 N–H and O–H groups in total. The van der Waals surface area contributed by atoms with Crippen LogP contribution in [0.1, 0.15) is 35.4 Å². The number of aromatic hydroxyl groups is 1. The number of likely N-dealkylation sites (tertiary alicyclic amines) is 1. The molecule has 0 spiro atoms. The predicted molar refractivity (Wildman–Crippen MR) is 180 cm³/mol. The fourth-order valence-corrected chi connectivity index (χ4v) is 8.32. The summed E-state index contributed by atoms with van der Waals surface area (Å²) in [5.41, 5.74) is 4.53. The number of halogens is 1. The van der Waals surface area contributed by atoms with Crippen molar-refractivity contribution in [3.8, 4) is 11.5 Å². The summed E-state index contributed by atoms with van der Waals surface area (Å²) in [7, 11) is 2.08. The number of methoxy groups -OCH3 is 2. The van der Waals surface area contributed by atoms with Crippen molar-refractivity contribution >= 4 is 64.5 Å². The molecule has 1 aliphatic carbocycles. The summed E-state index contributed by atoms with van der Waals surface area (Å²) in [5.74, 6) is -1.18. The summed E-state index contributed by atoms with van der Waals surface area (Å²) in [6, 6.07) is 13.2. The molecule has 1 aromatic carbocycles. The third kappa shape index (κ3) is 6.48. The first-order valence-corrected chi connectivity index (χ1v) is 16.8. The Labute approximate surface area is 280 Å². The summed E-state index contributed by atoms with van der Waals surface area (Å²) >= 11 is 3.60. The summed E-state index contributed by atoms with van der Waals surface area (Å²) in [6.45, 7) is 0.595. The smallest absolute Gasteiger partial charge is 0.455 e. The average molecular weight is 740 g/mol. The van der Waals surface area contributed by atoms with Gasteiger partial charge in [0.15, 0.2) is 11.5 Å². The number of ether oxygens (including phenoxy) is 2. The summed E-state index contributed by atoms with van der Waals surface area (Å²) in [5, 5.41) is 23.3. The van der Waals surface area contributed by atoms with Gasteiger partial charge in [-0.05, 0) is 118 Å². The molecule has 2 amide bonds. The van der Waals surface area contributed by atoms with Gasteiger partial charge in [-0.3, -0.25) is 19.5 Å². The Morgan fingerprint density at radius 2 is 2.04 bits per heavy atom. The van der Waals surface area contributed by atoms with Crippen molar-refractivity contribution in [2.24, 2.45) is 17.8 Å². The second kappa shape index (κ2) is 13.8. The highest BCUT2D eigenvalue weighted by atomic mass is 127. The molecule has 9 nitrogen and oxygen atoms in total. The van der Waals surface area contributed by atoms with E-state index < -0.39 is 25.1 Å². The third-order valence-electron chi connectivity index (χ3n) is 8.89. The van der Waals surface area contributed by atoms with Crippen molar-refractivity contribution in [3.63, 3.8) is 0 Å². The average Bonchev–Trinajstić information content (AvgIpc) is 3.63. The number of hydrogen-bond acceptors (Lipinski definition) is 9. The number of thiophene rings is 1. The highest BCUT2D eigenvalue weighted by molar-refractivity contribution is 14.1. The van der Waals surface area contributed by atoms with Gasteiger partial charge in [0, 0.05) is 18.2 Å². The van der Waals surface area contributed by atoms with Crippen molar-refractivity contribution in [1.82, 2.24) is 9.88 Å². The van der Waals surface area contributed by atoms with E-state index in [9.17, 15) is 19.7 Å². The van der Waals surface area contributed by atoms with Gasteiger partial charge in [-0.1, -0.05) is 12.1 Å². The van der Waals surface area contributed by atoms with Gasteiger partial charge in [-0.15, -0.1) is 11.3 Å². The number of fused-ring (bicyclic) bond motifs is 3. The number of aromatic nitrogens is 1. The number of nitrogens with zero attached hydrogens (tertiary/aromatic N) is 2. The van der Waals surface area contributed by atoms with Gasteiger partial charge in [0.1, 0.15) is 0 Å². The van der Waals surface area contributed by atoms with E-state index in [0.29, 0.717) is 35.2 Å². The first-order valence-electron chi connectivity index (χ1n) is 14.9. The van der Waals surface area contributed by atoms with Crippen LogP contribution in [0.2, 0.25) is 6.32 Å². The molecule has 0 bridgehead atoms. The Kier molecular flexibility index (Phi) is 9.76. The monoisotopic (exact) mass is 740 g/mol. The van der Waals surface area contributed by atoms with Crippen molar-refractivity contribution in [3.05, 3.63) is 84.9 Å². The number of phenolic OH excluding ortho intramolecular Hbond substituents is 1. The van der Waals surface area contributed by atoms with Crippen molar-refractivity contribution in [2.45, 2.75) is 38.2 Å². The Hall–Kier alpha value is -3.04. The van der Waals surface area contributed by atoms with Crippen LogP contribution in [-0.4, -0.2) is 65.9 Å². The van der Waals surface area contributed by atoms with E-state index in [0.717, 1.165) is 32.9 Å². The highest BCUT2D eigenvalue weighted by Crippen LogP contribution is 2.51. The summed E-state index contributed by atoms with van der Waals surface area (Å²) in [4.78, 5) is 34.4.